The average molecular weight is 632 g/mol. The fourth-order valence-electron chi connectivity index (χ4n) is 4.08. The summed E-state index contributed by atoms with van der Waals surface area (Å²) in [7, 11) is 0. The number of allylic oxidation sites excluding steroid dienone is 1. The number of alkyl halides is 6. The van der Waals surface area contributed by atoms with E-state index in [4.69, 9.17) is 10.6 Å². The molecule has 16 heteroatoms. The zero-order valence-corrected chi connectivity index (χ0v) is 23.7. The van der Waals surface area contributed by atoms with Crippen molar-refractivity contribution >= 4 is 23.3 Å². The Bertz CT molecular complexity index is 1370. The zero-order chi connectivity index (χ0) is 33.5. The van der Waals surface area contributed by atoms with Gasteiger partial charge in [-0.15, -0.1) is 13.2 Å². The monoisotopic (exact) mass is 631 g/mol. The number of aromatic nitrogens is 1. The lowest BCUT2D eigenvalue weighted by atomic mass is 9.96. The number of carbonyl (C=O) groups excluding carboxylic acids is 2. The van der Waals surface area contributed by atoms with Crippen LogP contribution >= 0.6 is 0 Å². The predicted octanol–water partition coefficient (Wildman–Crippen LogP) is 6.35. The third-order valence-corrected chi connectivity index (χ3v) is 6.52. The summed E-state index contributed by atoms with van der Waals surface area (Å²) in [4.78, 5) is 40.5. The molecule has 0 saturated carbocycles. The highest BCUT2D eigenvalue weighted by molar-refractivity contribution is 6.08. The lowest BCUT2D eigenvalue weighted by molar-refractivity contribution is -0.385. The van der Waals surface area contributed by atoms with Gasteiger partial charge in [0.1, 0.15) is 11.4 Å². The molecule has 0 saturated heterocycles. The molecule has 0 bridgehead atoms. The molecule has 0 aliphatic carbocycles. The van der Waals surface area contributed by atoms with Crippen LogP contribution in [0.15, 0.2) is 61.7 Å². The maximum Gasteiger partial charge on any atom is 0.427 e. The number of imide groups is 1. The fourth-order valence-corrected chi connectivity index (χ4v) is 4.08. The highest BCUT2D eigenvalue weighted by Crippen LogP contribution is 2.41. The van der Waals surface area contributed by atoms with Crippen molar-refractivity contribution in [2.45, 2.75) is 63.7 Å². The highest BCUT2D eigenvalue weighted by atomic mass is 19.4. The van der Waals surface area contributed by atoms with Crippen molar-refractivity contribution < 1.29 is 45.6 Å². The van der Waals surface area contributed by atoms with Crippen molar-refractivity contribution in [3.63, 3.8) is 0 Å². The Balaban J connectivity index is 2.69. The molecule has 10 nitrogen and oxygen atoms in total. The van der Waals surface area contributed by atoms with Crippen LogP contribution in [0.5, 0.6) is 0 Å². The third kappa shape index (κ3) is 8.19. The zero-order valence-electron chi connectivity index (χ0n) is 23.7. The number of rotatable bonds is 14. The first-order valence-corrected chi connectivity index (χ1v) is 13.0. The van der Waals surface area contributed by atoms with Gasteiger partial charge in [0, 0.05) is 18.5 Å². The topological polar surface area (TPSA) is 141 Å². The quantitative estimate of drug-likeness (QED) is 0.0614. The van der Waals surface area contributed by atoms with Crippen LogP contribution in [0.4, 0.5) is 37.8 Å². The number of nitro groups is 1. The van der Waals surface area contributed by atoms with Crippen molar-refractivity contribution in [2.75, 3.05) is 5.32 Å². The van der Waals surface area contributed by atoms with E-state index in [1.54, 1.807) is 19.9 Å². The molecule has 44 heavy (non-hydrogen) atoms. The third-order valence-electron chi connectivity index (χ3n) is 6.52. The maximum atomic E-state index is 14.5. The van der Waals surface area contributed by atoms with Crippen LogP contribution in [-0.4, -0.2) is 44.5 Å². The van der Waals surface area contributed by atoms with Gasteiger partial charge in [-0.2, -0.15) is 26.3 Å². The SMILES string of the molecule is C=CCCC(Nc1nc(C(=O)N(N)C(=O)[C@@](CC=C)(OCc2ccccc2)C(F)(F)F)c([N+](=O)[O-])cc1C(F)(F)F)C(C)C. The van der Waals surface area contributed by atoms with Crippen LogP contribution in [0.2, 0.25) is 0 Å². The number of halogens is 6. The number of pyridine rings is 1. The Morgan fingerprint density at radius 3 is 2.23 bits per heavy atom. The van der Waals surface area contributed by atoms with E-state index in [1.165, 1.54) is 30.3 Å². The Hall–Kier alpha value is -4.31. The van der Waals surface area contributed by atoms with Gasteiger partial charge in [-0.05, 0) is 24.3 Å². The van der Waals surface area contributed by atoms with E-state index >= 15 is 0 Å². The number of hydrogen-bond donors (Lipinski definition) is 2. The van der Waals surface area contributed by atoms with E-state index in [2.05, 4.69) is 23.5 Å². The Morgan fingerprint density at radius 1 is 1.14 bits per heavy atom. The van der Waals surface area contributed by atoms with Gasteiger partial charge in [-0.25, -0.2) is 15.8 Å². The predicted molar refractivity (Wildman–Crippen MR) is 148 cm³/mol. The van der Waals surface area contributed by atoms with E-state index in [1.807, 2.05) is 0 Å². The second-order valence-corrected chi connectivity index (χ2v) is 9.94. The molecule has 1 aromatic carbocycles. The van der Waals surface area contributed by atoms with Crippen LogP contribution < -0.4 is 11.2 Å². The van der Waals surface area contributed by atoms with E-state index in [9.17, 15) is 46.0 Å². The first kappa shape index (κ1) is 35.9. The Labute approximate surface area is 248 Å². The number of anilines is 1. The summed E-state index contributed by atoms with van der Waals surface area (Å²) < 4.78 is 90.3. The first-order chi connectivity index (χ1) is 20.4. The number of carbonyl (C=O) groups is 2. The number of hydrogen-bond acceptors (Lipinski definition) is 8. The Kier molecular flexibility index (Phi) is 11.8. The van der Waals surface area contributed by atoms with Crippen molar-refractivity contribution in [1.82, 2.24) is 9.99 Å². The van der Waals surface area contributed by atoms with Gasteiger partial charge in [0.25, 0.3) is 5.91 Å². The molecule has 2 aromatic rings. The van der Waals surface area contributed by atoms with Gasteiger partial charge in [-0.3, -0.25) is 19.7 Å². The Morgan fingerprint density at radius 2 is 1.75 bits per heavy atom. The maximum absolute atomic E-state index is 14.5. The molecule has 0 radical (unpaired) electrons. The molecular weight excluding hydrogens is 600 g/mol. The number of benzene rings is 1. The second-order valence-electron chi connectivity index (χ2n) is 9.94. The summed E-state index contributed by atoms with van der Waals surface area (Å²) in [5.41, 5.74) is -8.17. The summed E-state index contributed by atoms with van der Waals surface area (Å²) in [6.45, 7) is 9.30. The lowest BCUT2D eigenvalue weighted by Crippen LogP contribution is -2.62. The van der Waals surface area contributed by atoms with Gasteiger partial charge in [0.2, 0.25) is 11.3 Å². The minimum atomic E-state index is -5.51. The molecule has 1 aromatic heterocycles. The van der Waals surface area contributed by atoms with E-state index in [0.29, 0.717) is 12.5 Å². The summed E-state index contributed by atoms with van der Waals surface area (Å²) in [5.74, 6) is 0.0138. The summed E-state index contributed by atoms with van der Waals surface area (Å²) in [6, 6.07) is 6.64. The summed E-state index contributed by atoms with van der Waals surface area (Å²) in [5, 5.41) is 13.7. The molecule has 1 heterocycles. The molecule has 0 aliphatic heterocycles. The van der Waals surface area contributed by atoms with E-state index in [-0.39, 0.29) is 24.0 Å². The van der Waals surface area contributed by atoms with Crippen LogP contribution in [0.25, 0.3) is 0 Å². The number of amides is 2. The molecule has 2 rings (SSSR count). The van der Waals surface area contributed by atoms with Gasteiger partial charge in [-0.1, -0.05) is 56.3 Å². The number of ether oxygens (including phenoxy) is 1. The molecular formula is C28H31F6N5O5. The molecule has 0 spiro atoms. The molecule has 2 amide bonds. The molecule has 0 fully saturated rings. The van der Waals surface area contributed by atoms with Crippen LogP contribution in [0.3, 0.4) is 0 Å². The van der Waals surface area contributed by atoms with Crippen molar-refractivity contribution in [2.24, 2.45) is 11.8 Å². The standard InChI is InChI=1S/C28H31F6N5O5/c1-5-7-13-20(17(3)4)36-23-19(27(29,30)31)15-21(39(42)43)22(37-23)24(40)38(35)25(41)26(14-6-2,28(32,33)34)44-16-18-11-9-8-10-12-18/h5-6,8-12,15,17,20H,1-2,7,13-14,16,35H2,3-4H3,(H,36,37)/t20?,26-/m1/s1. The first-order valence-electron chi connectivity index (χ1n) is 13.0. The van der Waals surface area contributed by atoms with Crippen molar-refractivity contribution in [3.8, 4) is 0 Å². The molecule has 3 N–H and O–H groups in total. The number of hydrazine groups is 1. The van der Waals surface area contributed by atoms with Crippen LogP contribution in [0.1, 0.15) is 54.7 Å². The number of nitrogens with one attached hydrogen (secondary N) is 1. The lowest BCUT2D eigenvalue weighted by Gasteiger charge is -2.35. The average Bonchev–Trinajstić information content (AvgIpc) is 2.94. The van der Waals surface area contributed by atoms with Crippen molar-refractivity contribution in [1.29, 1.82) is 0 Å². The van der Waals surface area contributed by atoms with Crippen LogP contribution in [-0.2, 0) is 22.3 Å². The van der Waals surface area contributed by atoms with E-state index < -0.39 is 81.5 Å². The molecule has 0 aliphatic rings. The highest BCUT2D eigenvalue weighted by Gasteiger charge is 2.63. The minimum Gasteiger partial charge on any atom is -0.367 e. The fraction of sp³-hybridized carbons (Fsp3) is 0.393. The van der Waals surface area contributed by atoms with Gasteiger partial charge in [0.15, 0.2) is 0 Å². The number of nitrogens with zero attached hydrogens (tertiary/aromatic N) is 3. The van der Waals surface area contributed by atoms with Crippen LogP contribution in [0, 0.1) is 16.0 Å². The summed E-state index contributed by atoms with van der Waals surface area (Å²) in [6.07, 6.45) is -9.16. The summed E-state index contributed by atoms with van der Waals surface area (Å²) >= 11 is 0. The molecule has 2 atom stereocenters. The van der Waals surface area contributed by atoms with Gasteiger partial charge >= 0.3 is 23.9 Å². The molecule has 1 unspecified atom stereocenters. The second kappa shape index (κ2) is 14.4. The van der Waals surface area contributed by atoms with E-state index in [0.717, 1.165) is 0 Å². The molecule has 240 valence electrons. The number of nitrogens with two attached hydrogens (primary N) is 1. The largest absolute Gasteiger partial charge is 0.427 e. The minimum absolute atomic E-state index is 0.00156. The normalized spacial score (nSPS) is 14.0. The smallest absolute Gasteiger partial charge is 0.367 e. The van der Waals surface area contributed by atoms with Gasteiger partial charge < -0.3 is 10.1 Å². The van der Waals surface area contributed by atoms with Crippen molar-refractivity contribution in [3.05, 3.63) is 88.6 Å². The van der Waals surface area contributed by atoms with Gasteiger partial charge in [0.05, 0.1) is 11.5 Å².